The number of rotatable bonds is 6. The van der Waals surface area contributed by atoms with Crippen LogP contribution in [0.2, 0.25) is 0 Å². The molecule has 0 aromatic heterocycles. The summed E-state index contributed by atoms with van der Waals surface area (Å²) >= 11 is 1.45. The molecule has 30 heavy (non-hydrogen) atoms. The van der Waals surface area contributed by atoms with Crippen molar-refractivity contribution < 1.29 is 23.9 Å². The average Bonchev–Trinajstić information content (AvgIpc) is 3.20. The van der Waals surface area contributed by atoms with Crippen molar-refractivity contribution in [2.45, 2.75) is 75.0 Å². The Kier molecular flexibility index (Phi) is 6.33. The molecular weight excluding hydrogens is 403 g/mol. The van der Waals surface area contributed by atoms with Gasteiger partial charge in [0.2, 0.25) is 0 Å². The molecule has 9 heteroatoms. The third-order valence-electron chi connectivity index (χ3n) is 6.38. The summed E-state index contributed by atoms with van der Waals surface area (Å²) in [7, 11) is -0.575. The maximum absolute atomic E-state index is 11.3. The number of ether oxygens (including phenoxy) is 1. The van der Waals surface area contributed by atoms with Crippen molar-refractivity contribution in [1.82, 2.24) is 5.32 Å². The molecule has 7 nitrogen and oxygen atoms in total. The van der Waals surface area contributed by atoms with Crippen LogP contribution in [0.1, 0.15) is 58.9 Å². The number of nitriles is 1. The fraction of sp³-hybridized carbons (Fsp3) is 0.619. The minimum atomic E-state index is -1.06. The van der Waals surface area contributed by atoms with Gasteiger partial charge in [-0.3, -0.25) is 0 Å². The van der Waals surface area contributed by atoms with Gasteiger partial charge in [0.1, 0.15) is 24.0 Å². The number of nitrogens with one attached hydrogen (secondary N) is 1. The van der Waals surface area contributed by atoms with Gasteiger partial charge in [0, 0.05) is 4.90 Å². The smallest absolute Gasteiger partial charge is 0.490 e. The first kappa shape index (κ1) is 22.8. The Morgan fingerprint density at radius 2 is 1.87 bits per heavy atom. The molecule has 0 radical (unpaired) electrons. The molecule has 1 aliphatic heterocycles. The van der Waals surface area contributed by atoms with E-state index >= 15 is 0 Å². The van der Waals surface area contributed by atoms with Gasteiger partial charge in [-0.05, 0) is 64.4 Å². The van der Waals surface area contributed by atoms with Crippen molar-refractivity contribution in [3.05, 3.63) is 17.7 Å². The van der Waals surface area contributed by atoms with Crippen LogP contribution in [0.25, 0.3) is 0 Å². The lowest BCUT2D eigenvalue weighted by Gasteiger charge is -2.32. The Bertz CT molecular complexity index is 846. The van der Waals surface area contributed by atoms with Gasteiger partial charge in [0.25, 0.3) is 0 Å². The van der Waals surface area contributed by atoms with Gasteiger partial charge in [-0.2, -0.15) is 5.26 Å². The summed E-state index contributed by atoms with van der Waals surface area (Å²) < 4.78 is 18.4. The number of carbonyl (C=O) groups is 1. The van der Waals surface area contributed by atoms with Crippen LogP contribution in [0.15, 0.2) is 17.0 Å². The van der Waals surface area contributed by atoms with E-state index in [4.69, 9.17) is 14.0 Å². The fourth-order valence-corrected chi connectivity index (χ4v) is 4.51. The minimum absolute atomic E-state index is 0.175. The topological polar surface area (TPSA) is 101 Å². The van der Waals surface area contributed by atoms with E-state index in [0.717, 1.165) is 23.2 Å². The molecule has 2 fully saturated rings. The number of hydrogen-bond acceptors (Lipinski definition) is 6. The van der Waals surface area contributed by atoms with E-state index in [1.807, 2.05) is 40.0 Å². The van der Waals surface area contributed by atoms with Crippen molar-refractivity contribution in [1.29, 1.82) is 5.26 Å². The van der Waals surface area contributed by atoms with E-state index in [1.54, 1.807) is 6.07 Å². The van der Waals surface area contributed by atoms with E-state index in [9.17, 15) is 15.2 Å². The molecule has 0 spiro atoms. The molecule has 0 atom stereocenters. The van der Waals surface area contributed by atoms with Crippen LogP contribution < -0.4 is 15.5 Å². The average molecular weight is 432 g/mol. The van der Waals surface area contributed by atoms with Gasteiger partial charge >= 0.3 is 13.2 Å². The van der Waals surface area contributed by atoms with Crippen LogP contribution in [0.5, 0.6) is 5.75 Å². The summed E-state index contributed by atoms with van der Waals surface area (Å²) in [6.45, 7) is 8.14. The van der Waals surface area contributed by atoms with Crippen molar-refractivity contribution in [2.24, 2.45) is 0 Å². The summed E-state index contributed by atoms with van der Waals surface area (Å²) in [5.41, 5.74) is -0.375. The highest BCUT2D eigenvalue weighted by Crippen LogP contribution is 2.38. The fourth-order valence-electron chi connectivity index (χ4n) is 3.91. The predicted octanol–water partition coefficient (Wildman–Crippen LogP) is 3.54. The molecule has 1 aliphatic carbocycles. The second kappa shape index (κ2) is 8.33. The third-order valence-corrected chi connectivity index (χ3v) is 7.14. The lowest BCUT2D eigenvalue weighted by Crippen LogP contribution is -2.50. The van der Waals surface area contributed by atoms with Crippen LogP contribution in [0.3, 0.4) is 0 Å². The van der Waals surface area contributed by atoms with Crippen molar-refractivity contribution in [2.75, 3.05) is 12.9 Å². The molecule has 2 N–H and O–H groups in total. The SMILES string of the molecule is CSc1cc(B2OC(C)(C)C(C)(C)O2)cc(OCC2(NC(=O)O)CCCC2)c1C#N. The predicted molar refractivity (Wildman–Crippen MR) is 117 cm³/mol. The molecular formula is C21H29BN2O5S. The quantitative estimate of drug-likeness (QED) is 0.524. The van der Waals surface area contributed by atoms with Gasteiger partial charge in [-0.1, -0.05) is 12.8 Å². The first-order valence-electron chi connectivity index (χ1n) is 10.1. The Morgan fingerprint density at radius 1 is 1.27 bits per heavy atom. The molecule has 0 unspecified atom stereocenters. The van der Waals surface area contributed by atoms with Crippen molar-refractivity contribution in [3.8, 4) is 11.8 Å². The zero-order valence-electron chi connectivity index (χ0n) is 18.2. The molecule has 1 amide bonds. The van der Waals surface area contributed by atoms with Crippen LogP contribution in [0, 0.1) is 11.3 Å². The van der Waals surface area contributed by atoms with E-state index in [0.29, 0.717) is 24.2 Å². The Morgan fingerprint density at radius 3 is 2.37 bits per heavy atom. The van der Waals surface area contributed by atoms with Gasteiger partial charge in [-0.25, -0.2) is 4.79 Å². The summed E-state index contributed by atoms with van der Waals surface area (Å²) in [4.78, 5) is 12.1. The summed E-state index contributed by atoms with van der Waals surface area (Å²) in [6, 6.07) is 5.91. The molecule has 1 saturated carbocycles. The van der Waals surface area contributed by atoms with E-state index in [2.05, 4.69) is 11.4 Å². The van der Waals surface area contributed by atoms with Crippen LogP contribution in [-0.4, -0.2) is 47.9 Å². The van der Waals surface area contributed by atoms with Gasteiger partial charge in [0.15, 0.2) is 0 Å². The maximum atomic E-state index is 11.3. The van der Waals surface area contributed by atoms with Gasteiger partial charge < -0.3 is 24.5 Å². The normalized spacial score (nSPS) is 21.3. The maximum Gasteiger partial charge on any atom is 0.495 e. The van der Waals surface area contributed by atoms with Gasteiger partial charge in [-0.15, -0.1) is 11.8 Å². The zero-order valence-corrected chi connectivity index (χ0v) is 19.0. The molecule has 1 heterocycles. The zero-order chi connectivity index (χ0) is 22.2. The Balaban J connectivity index is 1.91. The summed E-state index contributed by atoms with van der Waals surface area (Å²) in [6.07, 6.45) is 4.16. The summed E-state index contributed by atoms with van der Waals surface area (Å²) in [5, 5.41) is 21.6. The van der Waals surface area contributed by atoms with Crippen molar-refractivity contribution >= 4 is 30.4 Å². The van der Waals surface area contributed by atoms with E-state index in [-0.39, 0.29) is 6.61 Å². The molecule has 1 aromatic rings. The second-order valence-electron chi connectivity index (χ2n) is 9.00. The number of amides is 1. The third kappa shape index (κ3) is 4.41. The van der Waals surface area contributed by atoms with E-state index < -0.39 is 30.0 Å². The molecule has 0 bridgehead atoms. The standard InChI is InChI=1S/C21H29BN2O5S/c1-19(2)20(3,4)29-22(28-19)14-10-16(15(12-23)17(11-14)30-5)27-13-21(24-18(25)26)8-6-7-9-21/h10-11,24H,6-9,13H2,1-5H3,(H,25,26). The highest BCUT2D eigenvalue weighted by molar-refractivity contribution is 7.98. The minimum Gasteiger partial charge on any atom is -0.490 e. The number of hydrogen-bond donors (Lipinski definition) is 2. The van der Waals surface area contributed by atoms with E-state index in [1.165, 1.54) is 11.8 Å². The lowest BCUT2D eigenvalue weighted by atomic mass is 9.78. The molecule has 162 valence electrons. The summed E-state index contributed by atoms with van der Waals surface area (Å²) in [5.74, 6) is 0.424. The van der Waals surface area contributed by atoms with Gasteiger partial charge in [0.05, 0.1) is 16.7 Å². The van der Waals surface area contributed by atoms with Crippen molar-refractivity contribution in [3.63, 3.8) is 0 Å². The lowest BCUT2D eigenvalue weighted by molar-refractivity contribution is 0.00578. The number of carboxylic acid groups (broad SMARTS) is 1. The monoisotopic (exact) mass is 432 g/mol. The molecule has 1 aromatic carbocycles. The molecule has 2 aliphatic rings. The first-order chi connectivity index (χ1) is 14.0. The number of thioether (sulfide) groups is 1. The number of benzene rings is 1. The Hall–Kier alpha value is -1.89. The second-order valence-corrected chi connectivity index (χ2v) is 9.85. The molecule has 3 rings (SSSR count). The molecule has 1 saturated heterocycles. The van der Waals surface area contributed by atoms with Crippen LogP contribution in [-0.2, 0) is 9.31 Å². The highest BCUT2D eigenvalue weighted by Gasteiger charge is 2.52. The Labute approximate surface area is 182 Å². The highest BCUT2D eigenvalue weighted by atomic mass is 32.2. The first-order valence-corrected chi connectivity index (χ1v) is 11.4. The number of nitrogens with zero attached hydrogens (tertiary/aromatic N) is 1. The largest absolute Gasteiger partial charge is 0.495 e. The van der Waals surface area contributed by atoms with Crippen LogP contribution in [0.4, 0.5) is 4.79 Å². The van der Waals surface area contributed by atoms with Crippen LogP contribution >= 0.6 is 11.8 Å².